The van der Waals surface area contributed by atoms with E-state index in [0.29, 0.717) is 12.2 Å². The van der Waals surface area contributed by atoms with E-state index in [-0.39, 0.29) is 11.5 Å². The van der Waals surface area contributed by atoms with Crippen LogP contribution in [0.5, 0.6) is 0 Å². The second kappa shape index (κ2) is 2.82. The third-order valence-corrected chi connectivity index (χ3v) is 3.32. The summed E-state index contributed by atoms with van der Waals surface area (Å²) in [6, 6.07) is 0. The minimum absolute atomic E-state index is 0.0972. The molecule has 3 heteroatoms. The normalized spacial score (nSPS) is 33.4. The zero-order valence-electron chi connectivity index (χ0n) is 7.43. The molecule has 2 fully saturated rings. The molecule has 1 atom stereocenters. The van der Waals surface area contributed by atoms with Crippen molar-refractivity contribution in [3.05, 3.63) is 0 Å². The number of hydrogen-bond donors (Lipinski definition) is 1. The first-order valence-electron chi connectivity index (χ1n) is 4.56. The molecule has 0 bridgehead atoms. The second-order valence-corrected chi connectivity index (χ2v) is 3.76. The lowest BCUT2D eigenvalue weighted by Crippen LogP contribution is -2.59. The molecule has 0 amide bonds. The third kappa shape index (κ3) is 0.930. The molecular formula is C9H15NO2. The predicted molar refractivity (Wildman–Crippen MR) is 45.0 cm³/mol. The molecular weight excluding hydrogens is 154 g/mol. The highest BCUT2D eigenvalue weighted by molar-refractivity contribution is 5.92. The van der Waals surface area contributed by atoms with Gasteiger partial charge in [-0.3, -0.25) is 4.79 Å². The smallest absolute Gasteiger partial charge is 0.144 e. The van der Waals surface area contributed by atoms with Gasteiger partial charge in [0.25, 0.3) is 0 Å². The highest BCUT2D eigenvalue weighted by Gasteiger charge is 2.54. The molecule has 1 spiro atoms. The van der Waals surface area contributed by atoms with Gasteiger partial charge in [-0.2, -0.15) is 0 Å². The standard InChI is InChI=1S/C9H15NO2/c1-12-8-6-7(11)9(8)2-4-10-5-3-9/h8,10H,2-6H2,1H3. The van der Waals surface area contributed by atoms with Crippen LogP contribution in [0, 0.1) is 5.41 Å². The van der Waals surface area contributed by atoms with Crippen molar-refractivity contribution in [3.8, 4) is 0 Å². The molecule has 1 saturated carbocycles. The van der Waals surface area contributed by atoms with Crippen LogP contribution in [0.1, 0.15) is 19.3 Å². The van der Waals surface area contributed by atoms with Crippen molar-refractivity contribution in [2.45, 2.75) is 25.4 Å². The summed E-state index contributed by atoms with van der Waals surface area (Å²) < 4.78 is 5.30. The molecule has 1 aliphatic heterocycles. The maximum atomic E-state index is 11.5. The maximum Gasteiger partial charge on any atom is 0.144 e. The van der Waals surface area contributed by atoms with Gasteiger partial charge in [-0.1, -0.05) is 0 Å². The molecule has 1 aliphatic carbocycles. The fraction of sp³-hybridized carbons (Fsp3) is 0.889. The van der Waals surface area contributed by atoms with Crippen molar-refractivity contribution < 1.29 is 9.53 Å². The number of nitrogens with one attached hydrogen (secondary N) is 1. The van der Waals surface area contributed by atoms with Gasteiger partial charge < -0.3 is 10.1 Å². The summed E-state index contributed by atoms with van der Waals surface area (Å²) in [4.78, 5) is 11.5. The highest BCUT2D eigenvalue weighted by atomic mass is 16.5. The van der Waals surface area contributed by atoms with Crippen LogP contribution in [0.3, 0.4) is 0 Å². The topological polar surface area (TPSA) is 38.3 Å². The van der Waals surface area contributed by atoms with E-state index in [1.165, 1.54) is 0 Å². The SMILES string of the molecule is COC1CC(=O)C12CCNCC2. The second-order valence-electron chi connectivity index (χ2n) is 3.76. The largest absolute Gasteiger partial charge is 0.380 e. The van der Waals surface area contributed by atoms with Crippen LogP contribution in [-0.2, 0) is 9.53 Å². The number of hydrogen-bond acceptors (Lipinski definition) is 3. The third-order valence-electron chi connectivity index (χ3n) is 3.32. The minimum atomic E-state index is -0.0972. The highest BCUT2D eigenvalue weighted by Crippen LogP contribution is 2.46. The molecule has 68 valence electrons. The number of ether oxygens (including phenoxy) is 1. The van der Waals surface area contributed by atoms with E-state index in [1.54, 1.807) is 7.11 Å². The van der Waals surface area contributed by atoms with Gasteiger partial charge in [0.1, 0.15) is 5.78 Å². The molecule has 1 unspecified atom stereocenters. The number of carbonyl (C=O) groups excluding carboxylic acids is 1. The Balaban J connectivity index is 2.10. The van der Waals surface area contributed by atoms with Gasteiger partial charge >= 0.3 is 0 Å². The van der Waals surface area contributed by atoms with E-state index < -0.39 is 0 Å². The number of rotatable bonds is 1. The summed E-state index contributed by atoms with van der Waals surface area (Å²) in [7, 11) is 1.71. The average Bonchev–Trinajstić information content (AvgIpc) is 2.15. The summed E-state index contributed by atoms with van der Waals surface area (Å²) in [6.07, 6.45) is 2.76. The summed E-state index contributed by atoms with van der Waals surface area (Å²) in [5, 5.41) is 3.27. The van der Waals surface area contributed by atoms with Crippen LogP contribution < -0.4 is 5.32 Å². The molecule has 1 N–H and O–H groups in total. The Kier molecular flexibility index (Phi) is 1.93. The molecule has 12 heavy (non-hydrogen) atoms. The van der Waals surface area contributed by atoms with E-state index in [4.69, 9.17) is 4.74 Å². The monoisotopic (exact) mass is 169 g/mol. The van der Waals surface area contributed by atoms with Gasteiger partial charge in [-0.05, 0) is 25.9 Å². The Morgan fingerprint density at radius 2 is 2.17 bits per heavy atom. The molecule has 2 aliphatic rings. The summed E-state index contributed by atoms with van der Waals surface area (Å²) >= 11 is 0. The van der Waals surface area contributed by atoms with Gasteiger partial charge in [0.05, 0.1) is 11.5 Å². The quantitative estimate of drug-likeness (QED) is 0.615. The lowest BCUT2D eigenvalue weighted by atomic mass is 9.60. The van der Waals surface area contributed by atoms with E-state index in [0.717, 1.165) is 25.9 Å². The van der Waals surface area contributed by atoms with Crippen LogP contribution >= 0.6 is 0 Å². The fourth-order valence-electron chi connectivity index (χ4n) is 2.40. The molecule has 1 heterocycles. The Morgan fingerprint density at radius 3 is 2.67 bits per heavy atom. The summed E-state index contributed by atoms with van der Waals surface area (Å²) in [5.74, 6) is 0.413. The van der Waals surface area contributed by atoms with E-state index in [1.807, 2.05) is 0 Å². The minimum Gasteiger partial charge on any atom is -0.380 e. The Morgan fingerprint density at radius 1 is 1.50 bits per heavy atom. The number of ketones is 1. The lowest BCUT2D eigenvalue weighted by molar-refractivity contribution is -0.163. The number of methoxy groups -OCH3 is 1. The fourth-order valence-corrected chi connectivity index (χ4v) is 2.40. The first-order chi connectivity index (χ1) is 5.79. The van der Waals surface area contributed by atoms with Crippen LogP contribution in [0.4, 0.5) is 0 Å². The van der Waals surface area contributed by atoms with Gasteiger partial charge in [-0.15, -0.1) is 0 Å². The molecule has 0 aromatic rings. The first-order valence-corrected chi connectivity index (χ1v) is 4.56. The lowest BCUT2D eigenvalue weighted by Gasteiger charge is -2.49. The molecule has 2 rings (SSSR count). The van der Waals surface area contributed by atoms with E-state index in [2.05, 4.69) is 5.32 Å². The van der Waals surface area contributed by atoms with Crippen molar-refractivity contribution >= 4 is 5.78 Å². The van der Waals surface area contributed by atoms with Gasteiger partial charge in [0.15, 0.2) is 0 Å². The van der Waals surface area contributed by atoms with Gasteiger partial charge in [-0.25, -0.2) is 0 Å². The van der Waals surface area contributed by atoms with Crippen LogP contribution in [0.15, 0.2) is 0 Å². The van der Waals surface area contributed by atoms with Crippen LogP contribution in [0.2, 0.25) is 0 Å². The number of Topliss-reactive ketones (excluding diaryl/α,β-unsaturated/α-hetero) is 1. The molecule has 0 radical (unpaired) electrons. The number of carbonyl (C=O) groups is 1. The van der Waals surface area contributed by atoms with Gasteiger partial charge in [0.2, 0.25) is 0 Å². The number of piperidine rings is 1. The van der Waals surface area contributed by atoms with Crippen molar-refractivity contribution in [1.29, 1.82) is 0 Å². The molecule has 1 saturated heterocycles. The first kappa shape index (κ1) is 8.20. The predicted octanol–water partition coefficient (Wildman–Crippen LogP) is 0.344. The molecule has 0 aromatic heterocycles. The molecule has 3 nitrogen and oxygen atoms in total. The van der Waals surface area contributed by atoms with Crippen LogP contribution in [-0.4, -0.2) is 32.1 Å². The van der Waals surface area contributed by atoms with Gasteiger partial charge in [0, 0.05) is 13.5 Å². The Labute approximate surface area is 72.5 Å². The van der Waals surface area contributed by atoms with Crippen molar-refractivity contribution in [3.63, 3.8) is 0 Å². The Hall–Kier alpha value is -0.410. The average molecular weight is 169 g/mol. The maximum absolute atomic E-state index is 11.5. The van der Waals surface area contributed by atoms with Crippen molar-refractivity contribution in [1.82, 2.24) is 5.32 Å². The van der Waals surface area contributed by atoms with Crippen molar-refractivity contribution in [2.75, 3.05) is 20.2 Å². The Bertz CT molecular complexity index is 197. The zero-order chi connectivity index (χ0) is 8.60. The van der Waals surface area contributed by atoms with Crippen molar-refractivity contribution in [2.24, 2.45) is 5.41 Å². The summed E-state index contributed by atoms with van der Waals surface area (Å²) in [5.41, 5.74) is -0.0972. The molecule has 0 aromatic carbocycles. The summed E-state index contributed by atoms with van der Waals surface area (Å²) in [6.45, 7) is 1.93. The van der Waals surface area contributed by atoms with E-state index in [9.17, 15) is 4.79 Å². The van der Waals surface area contributed by atoms with Crippen LogP contribution in [0.25, 0.3) is 0 Å². The van der Waals surface area contributed by atoms with E-state index >= 15 is 0 Å². The zero-order valence-corrected chi connectivity index (χ0v) is 7.43.